The number of ether oxygens (including phenoxy) is 1. The minimum atomic E-state index is 0.520. The topological polar surface area (TPSA) is 50.3 Å². The summed E-state index contributed by atoms with van der Waals surface area (Å²) in [5, 5.41) is 3.45. The van der Waals surface area contributed by atoms with Gasteiger partial charge in [0, 0.05) is 19.1 Å². The van der Waals surface area contributed by atoms with Gasteiger partial charge in [-0.25, -0.2) is 9.97 Å². The van der Waals surface area contributed by atoms with E-state index >= 15 is 0 Å². The van der Waals surface area contributed by atoms with Crippen LogP contribution in [0.4, 0.5) is 5.82 Å². The molecule has 0 saturated carbocycles. The summed E-state index contributed by atoms with van der Waals surface area (Å²) >= 11 is 0. The van der Waals surface area contributed by atoms with E-state index in [-0.39, 0.29) is 0 Å². The first-order chi connectivity index (χ1) is 9.27. The summed E-state index contributed by atoms with van der Waals surface area (Å²) in [6.07, 6.45) is 5.35. The summed E-state index contributed by atoms with van der Waals surface area (Å²) in [6.45, 7) is 7.27. The number of likely N-dealkylation sites (N-methyl/N-ethyl adjacent to an activating group) is 1. The van der Waals surface area contributed by atoms with Crippen molar-refractivity contribution in [1.82, 2.24) is 15.3 Å². The van der Waals surface area contributed by atoms with Crippen LogP contribution in [-0.4, -0.2) is 42.8 Å². The Kier molecular flexibility index (Phi) is 4.96. The molecule has 1 fully saturated rings. The fourth-order valence-corrected chi connectivity index (χ4v) is 2.72. The number of rotatable bonds is 5. The van der Waals surface area contributed by atoms with E-state index in [0.29, 0.717) is 11.9 Å². The Morgan fingerprint density at radius 1 is 1.42 bits per heavy atom. The number of methoxy groups -OCH3 is 1. The van der Waals surface area contributed by atoms with Gasteiger partial charge in [-0.15, -0.1) is 0 Å². The molecule has 0 spiro atoms. The number of nitrogens with one attached hydrogen (secondary N) is 1. The number of hydrogen-bond acceptors (Lipinski definition) is 5. The Hall–Kier alpha value is -1.36. The highest BCUT2D eigenvalue weighted by molar-refractivity contribution is 5.51. The van der Waals surface area contributed by atoms with Crippen molar-refractivity contribution in [2.75, 3.05) is 31.6 Å². The Morgan fingerprint density at radius 2 is 2.26 bits per heavy atom. The monoisotopic (exact) mass is 264 g/mol. The molecule has 1 N–H and O–H groups in total. The van der Waals surface area contributed by atoms with E-state index in [1.807, 2.05) is 6.92 Å². The smallest absolute Gasteiger partial charge is 0.221 e. The molecule has 5 heteroatoms. The van der Waals surface area contributed by atoms with Gasteiger partial charge in [-0.05, 0) is 32.7 Å². The summed E-state index contributed by atoms with van der Waals surface area (Å²) in [4.78, 5) is 11.0. The maximum absolute atomic E-state index is 5.30. The Morgan fingerprint density at radius 3 is 3.00 bits per heavy atom. The van der Waals surface area contributed by atoms with Crippen molar-refractivity contribution in [2.24, 2.45) is 0 Å². The van der Waals surface area contributed by atoms with Crippen molar-refractivity contribution in [3.63, 3.8) is 0 Å². The second-order valence-electron chi connectivity index (χ2n) is 4.98. The second kappa shape index (κ2) is 6.70. The zero-order valence-electron chi connectivity index (χ0n) is 12.1. The third-order valence-electron chi connectivity index (χ3n) is 3.73. The van der Waals surface area contributed by atoms with E-state index in [0.717, 1.165) is 31.0 Å². The van der Waals surface area contributed by atoms with E-state index in [1.165, 1.54) is 19.3 Å². The highest BCUT2D eigenvalue weighted by atomic mass is 16.5. The van der Waals surface area contributed by atoms with Crippen LogP contribution in [0.15, 0.2) is 6.33 Å². The molecule has 1 atom stereocenters. The molecular formula is C14H24N4O. The number of anilines is 1. The second-order valence-corrected chi connectivity index (χ2v) is 4.98. The molecule has 1 unspecified atom stereocenters. The number of nitrogens with zero attached hydrogens (tertiary/aromatic N) is 3. The van der Waals surface area contributed by atoms with Gasteiger partial charge in [-0.1, -0.05) is 6.92 Å². The quantitative estimate of drug-likeness (QED) is 0.878. The van der Waals surface area contributed by atoms with Gasteiger partial charge in [0.25, 0.3) is 0 Å². The lowest BCUT2D eigenvalue weighted by atomic mass is 10.0. The van der Waals surface area contributed by atoms with Crippen molar-refractivity contribution in [3.05, 3.63) is 11.9 Å². The lowest BCUT2D eigenvalue weighted by molar-refractivity contribution is 0.390. The molecule has 1 aliphatic rings. The van der Waals surface area contributed by atoms with Gasteiger partial charge in [-0.2, -0.15) is 0 Å². The van der Waals surface area contributed by atoms with E-state index in [4.69, 9.17) is 4.74 Å². The highest BCUT2D eigenvalue weighted by Crippen LogP contribution is 2.28. The van der Waals surface area contributed by atoms with Gasteiger partial charge in [0.2, 0.25) is 5.88 Å². The van der Waals surface area contributed by atoms with E-state index < -0.39 is 0 Å². The molecule has 2 heterocycles. The first-order valence-corrected chi connectivity index (χ1v) is 7.10. The van der Waals surface area contributed by atoms with Gasteiger partial charge in [0.15, 0.2) is 0 Å². The normalized spacial score (nSPS) is 19.5. The van der Waals surface area contributed by atoms with Crippen LogP contribution in [0.25, 0.3) is 0 Å². The lowest BCUT2D eigenvalue weighted by Crippen LogP contribution is -2.46. The average Bonchev–Trinajstić information content (AvgIpc) is 2.46. The van der Waals surface area contributed by atoms with Gasteiger partial charge in [0.1, 0.15) is 12.1 Å². The fourth-order valence-electron chi connectivity index (χ4n) is 2.72. The summed E-state index contributed by atoms with van der Waals surface area (Å²) in [7, 11) is 1.66. The molecular weight excluding hydrogens is 240 g/mol. The van der Waals surface area contributed by atoms with Gasteiger partial charge >= 0.3 is 0 Å². The van der Waals surface area contributed by atoms with E-state index in [9.17, 15) is 0 Å². The Balaban J connectivity index is 2.21. The van der Waals surface area contributed by atoms with Crippen LogP contribution in [0, 0.1) is 6.92 Å². The number of piperidine rings is 1. The maximum Gasteiger partial charge on any atom is 0.221 e. The van der Waals surface area contributed by atoms with E-state index in [1.54, 1.807) is 13.4 Å². The van der Waals surface area contributed by atoms with Crippen LogP contribution in [0.3, 0.4) is 0 Å². The largest absolute Gasteiger partial charge is 0.481 e. The molecule has 1 saturated heterocycles. The van der Waals surface area contributed by atoms with Crippen molar-refractivity contribution < 1.29 is 4.74 Å². The molecule has 0 aliphatic carbocycles. The number of hydrogen-bond donors (Lipinski definition) is 1. The third kappa shape index (κ3) is 3.15. The molecule has 1 aromatic rings. The summed E-state index contributed by atoms with van der Waals surface area (Å²) in [5.41, 5.74) is 1.04. The Labute approximate surface area is 115 Å². The summed E-state index contributed by atoms with van der Waals surface area (Å²) in [6, 6.07) is 0.520. The molecule has 19 heavy (non-hydrogen) atoms. The molecule has 5 nitrogen and oxygen atoms in total. The highest BCUT2D eigenvalue weighted by Gasteiger charge is 2.25. The molecule has 0 radical (unpaired) electrons. The molecule has 0 bridgehead atoms. The van der Waals surface area contributed by atoms with Gasteiger partial charge in [0.05, 0.1) is 12.7 Å². The zero-order valence-corrected chi connectivity index (χ0v) is 12.1. The third-order valence-corrected chi connectivity index (χ3v) is 3.73. The molecule has 106 valence electrons. The molecule has 0 aromatic carbocycles. The number of aromatic nitrogens is 2. The van der Waals surface area contributed by atoms with Crippen molar-refractivity contribution in [1.29, 1.82) is 0 Å². The first-order valence-electron chi connectivity index (χ1n) is 7.10. The van der Waals surface area contributed by atoms with Crippen LogP contribution in [0.1, 0.15) is 31.7 Å². The van der Waals surface area contributed by atoms with Crippen molar-refractivity contribution >= 4 is 5.82 Å². The first kappa shape index (κ1) is 14.1. The standard InChI is InChI=1S/C14H24N4O/c1-4-15-9-12-7-5-6-8-18(12)13-11(2)14(19-3)17-10-16-13/h10,12,15H,4-9H2,1-3H3. The van der Waals surface area contributed by atoms with Gasteiger partial charge < -0.3 is 15.0 Å². The van der Waals surface area contributed by atoms with Gasteiger partial charge in [-0.3, -0.25) is 0 Å². The average molecular weight is 264 g/mol. The minimum absolute atomic E-state index is 0.520. The zero-order chi connectivity index (χ0) is 13.7. The lowest BCUT2D eigenvalue weighted by Gasteiger charge is -2.37. The van der Waals surface area contributed by atoms with E-state index in [2.05, 4.69) is 27.1 Å². The van der Waals surface area contributed by atoms with Crippen LogP contribution >= 0.6 is 0 Å². The SMILES string of the molecule is CCNCC1CCCCN1c1ncnc(OC)c1C. The fraction of sp³-hybridized carbons (Fsp3) is 0.714. The predicted octanol–water partition coefficient (Wildman–Crippen LogP) is 1.76. The molecule has 2 rings (SSSR count). The van der Waals surface area contributed by atoms with Crippen LogP contribution in [-0.2, 0) is 0 Å². The van der Waals surface area contributed by atoms with Crippen LogP contribution < -0.4 is 15.0 Å². The Bertz CT molecular complexity index is 410. The van der Waals surface area contributed by atoms with Crippen LogP contribution in [0.5, 0.6) is 5.88 Å². The summed E-state index contributed by atoms with van der Waals surface area (Å²) < 4.78 is 5.30. The molecule has 1 aliphatic heterocycles. The minimum Gasteiger partial charge on any atom is -0.481 e. The maximum atomic E-state index is 5.30. The predicted molar refractivity (Wildman–Crippen MR) is 76.8 cm³/mol. The molecule has 1 aromatic heterocycles. The summed E-state index contributed by atoms with van der Waals surface area (Å²) in [5.74, 6) is 1.70. The van der Waals surface area contributed by atoms with Crippen LogP contribution in [0.2, 0.25) is 0 Å². The van der Waals surface area contributed by atoms with Crippen molar-refractivity contribution in [2.45, 2.75) is 39.2 Å². The van der Waals surface area contributed by atoms with Crippen molar-refractivity contribution in [3.8, 4) is 5.88 Å². The molecule has 0 amide bonds.